The lowest BCUT2D eigenvalue weighted by Crippen LogP contribution is -2.42. The lowest BCUT2D eigenvalue weighted by Gasteiger charge is -2.29. The van der Waals surface area contributed by atoms with Crippen molar-refractivity contribution in [2.75, 3.05) is 20.1 Å². The molecule has 7 heteroatoms. The van der Waals surface area contributed by atoms with Crippen molar-refractivity contribution in [3.63, 3.8) is 0 Å². The van der Waals surface area contributed by atoms with E-state index in [0.29, 0.717) is 11.6 Å². The lowest BCUT2D eigenvalue weighted by atomic mass is 10.0. The van der Waals surface area contributed by atoms with E-state index in [9.17, 15) is 9.59 Å². The zero-order valence-corrected chi connectivity index (χ0v) is 15.8. The SMILES string of the molecule is CC(C(=O)N(C)CC(=O)N1CCCC1c1ccccc1Cl)n1cccn1. The molecule has 0 radical (unpaired) electrons. The Hall–Kier alpha value is -2.34. The van der Waals surface area contributed by atoms with Crippen molar-refractivity contribution < 1.29 is 9.59 Å². The molecule has 2 unspecified atom stereocenters. The second kappa shape index (κ2) is 7.91. The third-order valence-electron chi connectivity index (χ3n) is 4.87. The zero-order valence-electron chi connectivity index (χ0n) is 15.0. The minimum absolute atomic E-state index is 0.0248. The van der Waals surface area contributed by atoms with Gasteiger partial charge in [0, 0.05) is 31.0 Å². The summed E-state index contributed by atoms with van der Waals surface area (Å²) in [5.74, 6) is -0.202. The van der Waals surface area contributed by atoms with Gasteiger partial charge in [-0.3, -0.25) is 14.3 Å². The molecule has 0 saturated carbocycles. The van der Waals surface area contributed by atoms with Crippen LogP contribution < -0.4 is 0 Å². The van der Waals surface area contributed by atoms with Crippen molar-refractivity contribution in [2.24, 2.45) is 0 Å². The van der Waals surface area contributed by atoms with Crippen molar-refractivity contribution in [1.29, 1.82) is 0 Å². The molecule has 0 spiro atoms. The predicted octanol–water partition coefficient (Wildman–Crippen LogP) is 2.92. The van der Waals surface area contributed by atoms with Gasteiger partial charge in [0.1, 0.15) is 6.04 Å². The largest absolute Gasteiger partial charge is 0.335 e. The molecule has 1 aliphatic heterocycles. The summed E-state index contributed by atoms with van der Waals surface area (Å²) in [6.07, 6.45) is 5.19. The highest BCUT2D eigenvalue weighted by atomic mass is 35.5. The molecule has 1 fully saturated rings. The van der Waals surface area contributed by atoms with E-state index in [1.54, 1.807) is 37.1 Å². The number of halogens is 1. The number of likely N-dealkylation sites (tertiary alicyclic amines) is 1. The Morgan fingerprint density at radius 1 is 1.35 bits per heavy atom. The summed E-state index contributed by atoms with van der Waals surface area (Å²) in [4.78, 5) is 28.7. The summed E-state index contributed by atoms with van der Waals surface area (Å²) in [7, 11) is 1.65. The Labute approximate surface area is 158 Å². The van der Waals surface area contributed by atoms with Gasteiger partial charge in [-0.1, -0.05) is 29.8 Å². The number of carbonyl (C=O) groups excluding carboxylic acids is 2. The number of likely N-dealkylation sites (N-methyl/N-ethyl adjacent to an activating group) is 1. The molecule has 1 saturated heterocycles. The van der Waals surface area contributed by atoms with Crippen LogP contribution in [0, 0.1) is 0 Å². The standard InChI is InChI=1S/C19H23ClN4O2/c1-14(24-12-6-10-21-24)19(26)22(2)13-18(25)23-11-5-9-17(23)15-7-3-4-8-16(15)20/h3-4,6-8,10,12,14,17H,5,9,11,13H2,1-2H3. The predicted molar refractivity (Wildman–Crippen MR) is 99.7 cm³/mol. The fourth-order valence-electron chi connectivity index (χ4n) is 3.45. The number of carbonyl (C=O) groups is 2. The van der Waals surface area contributed by atoms with Gasteiger partial charge in [0.2, 0.25) is 11.8 Å². The normalized spacial score (nSPS) is 18.0. The van der Waals surface area contributed by atoms with Crippen molar-refractivity contribution in [1.82, 2.24) is 19.6 Å². The van der Waals surface area contributed by atoms with Crippen LogP contribution >= 0.6 is 11.6 Å². The molecule has 2 aromatic rings. The van der Waals surface area contributed by atoms with E-state index in [2.05, 4.69) is 5.10 Å². The third kappa shape index (κ3) is 3.75. The van der Waals surface area contributed by atoms with Crippen LogP contribution in [0.4, 0.5) is 0 Å². The fourth-order valence-corrected chi connectivity index (χ4v) is 3.71. The Morgan fingerprint density at radius 2 is 2.12 bits per heavy atom. The molecule has 0 bridgehead atoms. The quantitative estimate of drug-likeness (QED) is 0.808. The Balaban J connectivity index is 1.67. The topological polar surface area (TPSA) is 58.4 Å². The summed E-state index contributed by atoms with van der Waals surface area (Å²) in [6, 6.07) is 8.93. The summed E-state index contributed by atoms with van der Waals surface area (Å²) in [6.45, 7) is 2.51. The Kier molecular flexibility index (Phi) is 5.61. The van der Waals surface area contributed by atoms with Crippen molar-refractivity contribution in [3.05, 3.63) is 53.3 Å². The van der Waals surface area contributed by atoms with Crippen LogP contribution in [0.3, 0.4) is 0 Å². The fraction of sp³-hybridized carbons (Fsp3) is 0.421. The highest BCUT2D eigenvalue weighted by molar-refractivity contribution is 6.31. The molecule has 1 aromatic carbocycles. The first-order valence-electron chi connectivity index (χ1n) is 8.77. The van der Waals surface area contributed by atoms with Crippen LogP contribution in [0.1, 0.15) is 37.4 Å². The van der Waals surface area contributed by atoms with E-state index in [1.807, 2.05) is 29.2 Å². The Bertz CT molecular complexity index is 778. The van der Waals surface area contributed by atoms with E-state index in [1.165, 1.54) is 4.90 Å². The number of hydrogen-bond donors (Lipinski definition) is 0. The first-order valence-corrected chi connectivity index (χ1v) is 9.15. The molecule has 6 nitrogen and oxygen atoms in total. The van der Waals surface area contributed by atoms with Gasteiger partial charge in [-0.25, -0.2) is 0 Å². The maximum absolute atomic E-state index is 12.8. The number of amides is 2. The number of hydrogen-bond acceptors (Lipinski definition) is 3. The van der Waals surface area contributed by atoms with Crippen molar-refractivity contribution in [2.45, 2.75) is 31.8 Å². The molecular formula is C19H23ClN4O2. The highest BCUT2D eigenvalue weighted by Gasteiger charge is 2.32. The first kappa shape index (κ1) is 18.5. The monoisotopic (exact) mass is 374 g/mol. The van der Waals surface area contributed by atoms with Crippen LogP contribution in [-0.2, 0) is 9.59 Å². The maximum Gasteiger partial charge on any atom is 0.247 e. The van der Waals surface area contributed by atoms with Gasteiger partial charge in [-0.2, -0.15) is 5.10 Å². The maximum atomic E-state index is 12.8. The van der Waals surface area contributed by atoms with E-state index >= 15 is 0 Å². The van der Waals surface area contributed by atoms with E-state index in [0.717, 1.165) is 18.4 Å². The second-order valence-electron chi connectivity index (χ2n) is 6.62. The van der Waals surface area contributed by atoms with Gasteiger partial charge >= 0.3 is 0 Å². The zero-order chi connectivity index (χ0) is 18.7. The molecule has 1 aliphatic rings. The van der Waals surface area contributed by atoms with Crippen molar-refractivity contribution >= 4 is 23.4 Å². The number of benzene rings is 1. The summed E-state index contributed by atoms with van der Waals surface area (Å²) < 4.78 is 1.59. The van der Waals surface area contributed by atoms with Crippen LogP contribution in [-0.4, -0.2) is 51.5 Å². The lowest BCUT2D eigenvalue weighted by molar-refractivity contribution is -0.141. The molecule has 2 heterocycles. The van der Waals surface area contributed by atoms with Gasteiger partial charge in [0.05, 0.1) is 12.6 Å². The minimum atomic E-state index is -0.444. The van der Waals surface area contributed by atoms with Crippen LogP contribution in [0.15, 0.2) is 42.7 Å². The molecule has 2 atom stereocenters. The third-order valence-corrected chi connectivity index (χ3v) is 5.21. The smallest absolute Gasteiger partial charge is 0.247 e. The molecule has 138 valence electrons. The molecule has 0 N–H and O–H groups in total. The Morgan fingerprint density at radius 3 is 2.81 bits per heavy atom. The van der Waals surface area contributed by atoms with Crippen LogP contribution in [0.5, 0.6) is 0 Å². The summed E-state index contributed by atoms with van der Waals surface area (Å²) in [5.41, 5.74) is 0.971. The van der Waals surface area contributed by atoms with Gasteiger partial charge in [0.25, 0.3) is 0 Å². The van der Waals surface area contributed by atoms with E-state index in [-0.39, 0.29) is 24.4 Å². The van der Waals surface area contributed by atoms with Gasteiger partial charge in [-0.05, 0) is 37.5 Å². The molecular weight excluding hydrogens is 352 g/mol. The van der Waals surface area contributed by atoms with E-state index < -0.39 is 6.04 Å². The van der Waals surface area contributed by atoms with Gasteiger partial charge in [0.15, 0.2) is 0 Å². The molecule has 3 rings (SSSR count). The molecule has 2 amide bonds. The molecule has 1 aromatic heterocycles. The highest BCUT2D eigenvalue weighted by Crippen LogP contribution is 2.35. The van der Waals surface area contributed by atoms with Crippen LogP contribution in [0.2, 0.25) is 5.02 Å². The second-order valence-corrected chi connectivity index (χ2v) is 7.03. The average molecular weight is 375 g/mol. The average Bonchev–Trinajstić information content (AvgIpc) is 3.32. The summed E-state index contributed by atoms with van der Waals surface area (Å²) in [5, 5.41) is 4.77. The van der Waals surface area contributed by atoms with E-state index in [4.69, 9.17) is 11.6 Å². The first-order chi connectivity index (χ1) is 12.5. The van der Waals surface area contributed by atoms with Crippen molar-refractivity contribution in [3.8, 4) is 0 Å². The van der Waals surface area contributed by atoms with Crippen LogP contribution in [0.25, 0.3) is 0 Å². The van der Waals surface area contributed by atoms with Gasteiger partial charge < -0.3 is 9.80 Å². The molecule has 0 aliphatic carbocycles. The number of aromatic nitrogens is 2. The van der Waals surface area contributed by atoms with Gasteiger partial charge in [-0.15, -0.1) is 0 Å². The minimum Gasteiger partial charge on any atom is -0.335 e. The number of rotatable bonds is 5. The summed E-state index contributed by atoms with van der Waals surface area (Å²) >= 11 is 6.32. The number of nitrogens with zero attached hydrogens (tertiary/aromatic N) is 4. The molecule has 26 heavy (non-hydrogen) atoms.